The highest BCUT2D eigenvalue weighted by molar-refractivity contribution is 6.07. The standard InChI is InChI=1S/C20H19N3O2/c1-22(2)13-5-7-15-18(11-13)23(3)20(24)16-10-12-9-14(25-4)6-8-17(12)21-19(15)16/h5-11H,1-4H3. The number of nitrogens with zero attached hydrogens (tertiary/aromatic N) is 3. The van der Waals surface area contributed by atoms with E-state index in [0.717, 1.165) is 38.8 Å². The summed E-state index contributed by atoms with van der Waals surface area (Å²) in [6.45, 7) is 0. The number of ether oxygens (including phenoxy) is 1. The van der Waals surface area contributed by atoms with Crippen LogP contribution in [0.4, 0.5) is 5.69 Å². The second-order valence-electron chi connectivity index (χ2n) is 6.40. The van der Waals surface area contributed by atoms with Crippen LogP contribution in [0.25, 0.3) is 32.7 Å². The molecule has 25 heavy (non-hydrogen) atoms. The monoisotopic (exact) mass is 333 g/mol. The van der Waals surface area contributed by atoms with Crippen molar-refractivity contribution in [3.63, 3.8) is 0 Å². The minimum absolute atomic E-state index is 0.0457. The summed E-state index contributed by atoms with van der Waals surface area (Å²) in [5.41, 5.74) is 3.47. The second kappa shape index (κ2) is 5.48. The fourth-order valence-corrected chi connectivity index (χ4v) is 3.22. The molecule has 0 saturated heterocycles. The first-order chi connectivity index (χ1) is 12.0. The third-order valence-electron chi connectivity index (χ3n) is 4.67. The fraction of sp³-hybridized carbons (Fsp3) is 0.200. The summed E-state index contributed by atoms with van der Waals surface area (Å²) in [6, 6.07) is 13.7. The lowest BCUT2D eigenvalue weighted by molar-refractivity contribution is 0.415. The number of benzene rings is 2. The summed E-state index contributed by atoms with van der Waals surface area (Å²) in [5, 5.41) is 2.49. The van der Waals surface area contributed by atoms with Gasteiger partial charge in [-0.1, -0.05) is 0 Å². The lowest BCUT2D eigenvalue weighted by Crippen LogP contribution is -2.18. The third kappa shape index (κ3) is 2.31. The zero-order valence-corrected chi connectivity index (χ0v) is 14.7. The van der Waals surface area contributed by atoms with Crippen molar-refractivity contribution < 1.29 is 4.74 Å². The fourth-order valence-electron chi connectivity index (χ4n) is 3.22. The molecule has 0 radical (unpaired) electrons. The number of aryl methyl sites for hydroxylation is 1. The maximum atomic E-state index is 12.9. The first-order valence-electron chi connectivity index (χ1n) is 8.08. The van der Waals surface area contributed by atoms with Gasteiger partial charge in [-0.3, -0.25) is 4.79 Å². The molecule has 0 fully saturated rings. The van der Waals surface area contributed by atoms with Crippen molar-refractivity contribution in [3.05, 3.63) is 52.8 Å². The molecular weight excluding hydrogens is 314 g/mol. The van der Waals surface area contributed by atoms with Crippen molar-refractivity contribution in [2.75, 3.05) is 26.1 Å². The summed E-state index contributed by atoms with van der Waals surface area (Å²) in [4.78, 5) is 19.7. The van der Waals surface area contributed by atoms with E-state index >= 15 is 0 Å². The van der Waals surface area contributed by atoms with Gasteiger partial charge in [0.2, 0.25) is 0 Å². The predicted molar refractivity (Wildman–Crippen MR) is 103 cm³/mol. The van der Waals surface area contributed by atoms with Gasteiger partial charge in [0.1, 0.15) is 5.75 Å². The Morgan fingerprint density at radius 1 is 1.04 bits per heavy atom. The number of aromatic nitrogens is 2. The van der Waals surface area contributed by atoms with E-state index in [1.165, 1.54) is 0 Å². The molecule has 2 aromatic carbocycles. The van der Waals surface area contributed by atoms with E-state index in [1.807, 2.05) is 61.5 Å². The van der Waals surface area contributed by atoms with Crippen molar-refractivity contribution in [1.29, 1.82) is 0 Å². The Kier molecular flexibility index (Phi) is 3.39. The van der Waals surface area contributed by atoms with Gasteiger partial charge in [0.15, 0.2) is 0 Å². The van der Waals surface area contributed by atoms with Gasteiger partial charge < -0.3 is 14.2 Å². The number of hydrogen-bond donors (Lipinski definition) is 0. The zero-order valence-electron chi connectivity index (χ0n) is 14.7. The van der Waals surface area contributed by atoms with Crippen molar-refractivity contribution in [2.45, 2.75) is 0 Å². The van der Waals surface area contributed by atoms with Gasteiger partial charge in [0.25, 0.3) is 5.56 Å². The minimum atomic E-state index is -0.0457. The molecule has 4 aromatic rings. The van der Waals surface area contributed by atoms with Gasteiger partial charge >= 0.3 is 0 Å². The van der Waals surface area contributed by atoms with E-state index in [1.54, 1.807) is 18.7 Å². The Hall–Kier alpha value is -3.08. The summed E-state index contributed by atoms with van der Waals surface area (Å²) < 4.78 is 6.97. The first-order valence-corrected chi connectivity index (χ1v) is 8.08. The quantitative estimate of drug-likeness (QED) is 0.417. The Morgan fingerprint density at radius 3 is 2.56 bits per heavy atom. The average molecular weight is 333 g/mol. The SMILES string of the molecule is COc1ccc2nc3c(cc2c1)c(=O)n(C)c1cc(N(C)C)ccc31. The van der Waals surface area contributed by atoms with E-state index in [2.05, 4.69) is 0 Å². The Balaban J connectivity index is 2.16. The van der Waals surface area contributed by atoms with E-state index in [-0.39, 0.29) is 5.56 Å². The van der Waals surface area contributed by atoms with E-state index in [0.29, 0.717) is 5.39 Å². The maximum absolute atomic E-state index is 12.9. The first kappa shape index (κ1) is 15.4. The summed E-state index contributed by atoms with van der Waals surface area (Å²) in [5.74, 6) is 0.752. The molecule has 0 aliphatic rings. The van der Waals surface area contributed by atoms with Gasteiger partial charge in [-0.25, -0.2) is 4.98 Å². The molecule has 5 nitrogen and oxygen atoms in total. The van der Waals surface area contributed by atoms with Crippen LogP contribution in [0.15, 0.2) is 47.3 Å². The maximum Gasteiger partial charge on any atom is 0.260 e. The molecule has 0 saturated carbocycles. The van der Waals surface area contributed by atoms with E-state index < -0.39 is 0 Å². The third-order valence-corrected chi connectivity index (χ3v) is 4.67. The lowest BCUT2D eigenvalue weighted by atomic mass is 10.1. The van der Waals surface area contributed by atoms with Crippen LogP contribution in [-0.4, -0.2) is 30.8 Å². The number of hydrogen-bond acceptors (Lipinski definition) is 4. The number of pyridine rings is 2. The van der Waals surface area contributed by atoms with Gasteiger partial charge in [0, 0.05) is 37.6 Å². The van der Waals surface area contributed by atoms with Crippen LogP contribution in [0.5, 0.6) is 5.75 Å². The van der Waals surface area contributed by atoms with Gasteiger partial charge in [-0.2, -0.15) is 0 Å². The van der Waals surface area contributed by atoms with Crippen LogP contribution in [0.2, 0.25) is 0 Å². The van der Waals surface area contributed by atoms with Crippen LogP contribution in [0.1, 0.15) is 0 Å². The summed E-state index contributed by atoms with van der Waals surface area (Å²) in [7, 11) is 7.41. The Bertz CT molecular complexity index is 1190. The largest absolute Gasteiger partial charge is 0.497 e. The average Bonchev–Trinajstić information content (AvgIpc) is 2.63. The highest BCUT2D eigenvalue weighted by Crippen LogP contribution is 2.28. The van der Waals surface area contributed by atoms with Crippen molar-refractivity contribution >= 4 is 38.4 Å². The van der Waals surface area contributed by atoms with Gasteiger partial charge in [-0.15, -0.1) is 0 Å². The molecule has 2 aromatic heterocycles. The number of fused-ring (bicyclic) bond motifs is 4. The number of rotatable bonds is 2. The molecule has 4 rings (SSSR count). The molecule has 126 valence electrons. The van der Waals surface area contributed by atoms with Crippen LogP contribution >= 0.6 is 0 Å². The van der Waals surface area contributed by atoms with Crippen molar-refractivity contribution in [2.24, 2.45) is 7.05 Å². The molecular formula is C20H19N3O2. The molecule has 0 bridgehead atoms. The van der Waals surface area contributed by atoms with E-state index in [4.69, 9.17) is 9.72 Å². The van der Waals surface area contributed by atoms with Crippen LogP contribution in [-0.2, 0) is 7.05 Å². The molecule has 0 N–H and O–H groups in total. The molecule has 0 amide bonds. The molecule has 0 aliphatic heterocycles. The summed E-state index contributed by atoms with van der Waals surface area (Å²) >= 11 is 0. The highest BCUT2D eigenvalue weighted by Gasteiger charge is 2.12. The van der Waals surface area contributed by atoms with E-state index in [9.17, 15) is 4.79 Å². The minimum Gasteiger partial charge on any atom is -0.497 e. The summed E-state index contributed by atoms with van der Waals surface area (Å²) in [6.07, 6.45) is 0. The molecule has 0 spiro atoms. The Labute approximate surface area is 145 Å². The molecule has 2 heterocycles. The number of methoxy groups -OCH3 is 1. The molecule has 0 atom stereocenters. The lowest BCUT2D eigenvalue weighted by Gasteiger charge is -2.15. The molecule has 0 aliphatic carbocycles. The molecule has 5 heteroatoms. The highest BCUT2D eigenvalue weighted by atomic mass is 16.5. The van der Waals surface area contributed by atoms with Crippen LogP contribution < -0.4 is 15.2 Å². The zero-order chi connectivity index (χ0) is 17.7. The topological polar surface area (TPSA) is 47.4 Å². The predicted octanol–water partition coefficient (Wildman–Crippen LogP) is 3.31. The van der Waals surface area contributed by atoms with Gasteiger partial charge in [0.05, 0.1) is 29.0 Å². The van der Waals surface area contributed by atoms with Crippen molar-refractivity contribution in [3.8, 4) is 5.75 Å². The van der Waals surface area contributed by atoms with Gasteiger partial charge in [-0.05, 0) is 42.5 Å². The van der Waals surface area contributed by atoms with Crippen molar-refractivity contribution in [1.82, 2.24) is 9.55 Å². The van der Waals surface area contributed by atoms with Crippen LogP contribution in [0.3, 0.4) is 0 Å². The number of anilines is 1. The molecule has 0 unspecified atom stereocenters. The Morgan fingerprint density at radius 2 is 1.84 bits per heavy atom. The van der Waals surface area contributed by atoms with Crippen LogP contribution in [0, 0.1) is 0 Å². The normalized spacial score (nSPS) is 11.4. The smallest absolute Gasteiger partial charge is 0.260 e. The second-order valence-corrected chi connectivity index (χ2v) is 6.40.